The number of aromatic hydroxyl groups is 1. The maximum Gasteiger partial charge on any atom is 0.456 e. The zero-order chi connectivity index (χ0) is 8.39. The summed E-state index contributed by atoms with van der Waals surface area (Å²) in [4.78, 5) is 2.69. The van der Waals surface area contributed by atoms with Gasteiger partial charge in [0.25, 0.3) is 0 Å². The van der Waals surface area contributed by atoms with Crippen molar-refractivity contribution in [3.05, 3.63) is 42.7 Å². The zero-order valence-electron chi connectivity index (χ0n) is 6.44. The molecule has 0 bridgehead atoms. The fourth-order valence-corrected chi connectivity index (χ4v) is 1.12. The minimum Gasteiger partial charge on any atom is -0.446 e. The first-order valence-corrected chi connectivity index (χ1v) is 3.71. The second-order valence-electron chi connectivity index (χ2n) is 2.49. The van der Waals surface area contributed by atoms with Gasteiger partial charge in [-0.15, -0.1) is 0 Å². The molecule has 0 saturated carbocycles. The molecule has 0 aliphatic rings. The first-order valence-electron chi connectivity index (χ1n) is 3.71. The molecule has 0 atom stereocenters. The number of benzene rings is 1. The fraction of sp³-hybridized carbons (Fsp3) is 0. The van der Waals surface area contributed by atoms with Crippen LogP contribution in [-0.2, 0) is 0 Å². The number of H-pyrrole nitrogens is 1. The maximum atomic E-state index is 9.31. The molecule has 0 unspecified atom stereocenters. The number of hydrogen-bond donors (Lipinski definition) is 2. The molecule has 1 aromatic carbocycles. The van der Waals surface area contributed by atoms with Crippen LogP contribution in [0.25, 0.3) is 5.69 Å². The molecule has 0 amide bonds. The molecule has 12 heavy (non-hydrogen) atoms. The standard InChI is InChI=1S/C9H8N2O/c12-9-10-6-7-11(9)8-4-2-1-3-5-8/h1-7H,(H,10,12)/p+1. The quantitative estimate of drug-likeness (QED) is 0.602. The van der Waals surface area contributed by atoms with E-state index < -0.39 is 0 Å². The van der Waals surface area contributed by atoms with Crippen molar-refractivity contribution < 1.29 is 9.67 Å². The van der Waals surface area contributed by atoms with E-state index in [1.54, 1.807) is 17.0 Å². The van der Waals surface area contributed by atoms with Gasteiger partial charge >= 0.3 is 6.01 Å². The Morgan fingerprint density at radius 3 is 2.50 bits per heavy atom. The van der Waals surface area contributed by atoms with Crippen molar-refractivity contribution in [2.45, 2.75) is 0 Å². The number of nitrogens with one attached hydrogen (secondary N) is 1. The topological polar surface area (TPSA) is 39.9 Å². The molecule has 0 aliphatic carbocycles. The van der Waals surface area contributed by atoms with Gasteiger partial charge in [-0.2, -0.15) is 4.57 Å². The van der Waals surface area contributed by atoms with E-state index in [1.807, 2.05) is 30.3 Å². The van der Waals surface area contributed by atoms with Crippen molar-refractivity contribution in [2.75, 3.05) is 0 Å². The summed E-state index contributed by atoms with van der Waals surface area (Å²) >= 11 is 0. The summed E-state index contributed by atoms with van der Waals surface area (Å²) < 4.78 is 1.67. The molecule has 0 spiro atoms. The Balaban J connectivity index is 2.51. The zero-order valence-corrected chi connectivity index (χ0v) is 6.44. The summed E-state index contributed by atoms with van der Waals surface area (Å²) in [6.45, 7) is 0. The minimum absolute atomic E-state index is 0.140. The SMILES string of the molecule is Oc1[nH]cc[n+]1-c1ccccc1. The predicted octanol–water partition coefficient (Wildman–Crippen LogP) is 0.997. The van der Waals surface area contributed by atoms with Crippen molar-refractivity contribution in [2.24, 2.45) is 0 Å². The van der Waals surface area contributed by atoms with Gasteiger partial charge in [0.2, 0.25) is 0 Å². The molecule has 0 aliphatic heterocycles. The second-order valence-corrected chi connectivity index (χ2v) is 2.49. The van der Waals surface area contributed by atoms with Gasteiger partial charge in [0.15, 0.2) is 0 Å². The predicted molar refractivity (Wildman–Crippen MR) is 44.0 cm³/mol. The first kappa shape index (κ1) is 6.91. The Bertz CT molecular complexity index is 367. The molecule has 3 nitrogen and oxygen atoms in total. The molecule has 0 saturated heterocycles. The van der Waals surface area contributed by atoms with E-state index in [1.165, 1.54) is 0 Å². The molecule has 2 aromatic rings. The third-order valence-corrected chi connectivity index (χ3v) is 1.70. The van der Waals surface area contributed by atoms with E-state index >= 15 is 0 Å². The third-order valence-electron chi connectivity index (χ3n) is 1.70. The lowest BCUT2D eigenvalue weighted by molar-refractivity contribution is -0.602. The van der Waals surface area contributed by atoms with Crippen LogP contribution in [-0.4, -0.2) is 10.1 Å². The van der Waals surface area contributed by atoms with Gasteiger partial charge in [-0.1, -0.05) is 18.2 Å². The molecule has 1 aromatic heterocycles. The van der Waals surface area contributed by atoms with Gasteiger partial charge in [-0.3, -0.25) is 0 Å². The number of aromatic amines is 1. The highest BCUT2D eigenvalue weighted by Gasteiger charge is 2.08. The van der Waals surface area contributed by atoms with Gasteiger partial charge in [0, 0.05) is 0 Å². The van der Waals surface area contributed by atoms with Gasteiger partial charge in [-0.05, 0) is 12.1 Å². The monoisotopic (exact) mass is 161 g/mol. The van der Waals surface area contributed by atoms with E-state index in [0.29, 0.717) is 0 Å². The third kappa shape index (κ3) is 1.05. The summed E-state index contributed by atoms with van der Waals surface area (Å²) in [7, 11) is 0. The molecule has 0 radical (unpaired) electrons. The van der Waals surface area contributed by atoms with Crippen LogP contribution in [0.15, 0.2) is 42.7 Å². The lowest BCUT2D eigenvalue weighted by Gasteiger charge is -1.93. The van der Waals surface area contributed by atoms with Crippen LogP contribution >= 0.6 is 0 Å². The van der Waals surface area contributed by atoms with Gasteiger partial charge in [0.05, 0.1) is 0 Å². The Hall–Kier alpha value is -1.77. The van der Waals surface area contributed by atoms with E-state index in [4.69, 9.17) is 0 Å². The van der Waals surface area contributed by atoms with Gasteiger partial charge in [0.1, 0.15) is 18.1 Å². The summed E-state index contributed by atoms with van der Waals surface area (Å²) in [6.07, 6.45) is 3.45. The Morgan fingerprint density at radius 1 is 1.17 bits per heavy atom. The lowest BCUT2D eigenvalue weighted by atomic mass is 10.3. The number of para-hydroxylation sites is 1. The van der Waals surface area contributed by atoms with Crippen LogP contribution in [0.2, 0.25) is 0 Å². The van der Waals surface area contributed by atoms with E-state index in [0.717, 1.165) is 5.69 Å². The van der Waals surface area contributed by atoms with E-state index in [9.17, 15) is 5.11 Å². The first-order chi connectivity index (χ1) is 5.88. The Kier molecular flexibility index (Phi) is 1.55. The lowest BCUT2D eigenvalue weighted by Crippen LogP contribution is -2.27. The highest BCUT2D eigenvalue weighted by molar-refractivity contribution is 5.21. The molecule has 0 fully saturated rings. The molecule has 1 heterocycles. The van der Waals surface area contributed by atoms with Crippen molar-refractivity contribution in [1.82, 2.24) is 4.98 Å². The van der Waals surface area contributed by atoms with Crippen LogP contribution in [0.4, 0.5) is 0 Å². The minimum atomic E-state index is 0.140. The summed E-state index contributed by atoms with van der Waals surface area (Å²) in [5.74, 6) is 0. The molecule has 60 valence electrons. The number of nitrogens with zero attached hydrogens (tertiary/aromatic N) is 1. The second kappa shape index (κ2) is 2.70. The van der Waals surface area contributed by atoms with Crippen molar-refractivity contribution in [3.63, 3.8) is 0 Å². The average Bonchev–Trinajstić information content (AvgIpc) is 2.53. The van der Waals surface area contributed by atoms with Gasteiger partial charge < -0.3 is 5.11 Å². The van der Waals surface area contributed by atoms with Crippen LogP contribution in [0, 0.1) is 0 Å². The normalized spacial score (nSPS) is 10.0. The average molecular weight is 161 g/mol. The summed E-state index contributed by atoms with van der Waals surface area (Å²) in [5, 5.41) is 9.31. The smallest absolute Gasteiger partial charge is 0.446 e. The maximum absolute atomic E-state index is 9.31. The molecule has 3 heteroatoms. The van der Waals surface area contributed by atoms with Gasteiger partial charge in [-0.25, -0.2) is 4.98 Å². The van der Waals surface area contributed by atoms with Crippen molar-refractivity contribution in [3.8, 4) is 11.7 Å². The summed E-state index contributed by atoms with van der Waals surface area (Å²) in [5.41, 5.74) is 0.941. The van der Waals surface area contributed by atoms with Crippen molar-refractivity contribution >= 4 is 0 Å². The van der Waals surface area contributed by atoms with Crippen molar-refractivity contribution in [1.29, 1.82) is 0 Å². The molecular formula is C9H9N2O+. The highest BCUT2D eigenvalue weighted by Crippen LogP contribution is 2.02. The number of imidazole rings is 1. The van der Waals surface area contributed by atoms with Crippen LogP contribution < -0.4 is 4.57 Å². The highest BCUT2D eigenvalue weighted by atomic mass is 16.3. The molecular weight excluding hydrogens is 152 g/mol. The largest absolute Gasteiger partial charge is 0.456 e. The Labute approximate surface area is 69.9 Å². The number of aromatic nitrogens is 2. The van der Waals surface area contributed by atoms with Crippen LogP contribution in [0.3, 0.4) is 0 Å². The number of hydrogen-bond acceptors (Lipinski definition) is 1. The van der Waals surface area contributed by atoms with Crippen LogP contribution in [0.1, 0.15) is 0 Å². The number of rotatable bonds is 1. The fourth-order valence-electron chi connectivity index (χ4n) is 1.12. The molecule has 2 N–H and O–H groups in total. The van der Waals surface area contributed by atoms with Crippen LogP contribution in [0.5, 0.6) is 6.01 Å². The molecule has 2 rings (SSSR count). The van der Waals surface area contributed by atoms with E-state index in [2.05, 4.69) is 4.98 Å². The summed E-state index contributed by atoms with van der Waals surface area (Å²) in [6, 6.07) is 9.78. The Morgan fingerprint density at radius 2 is 1.92 bits per heavy atom. The van der Waals surface area contributed by atoms with E-state index in [-0.39, 0.29) is 6.01 Å².